The van der Waals surface area contributed by atoms with Gasteiger partial charge in [-0.2, -0.15) is 0 Å². The number of methoxy groups -OCH3 is 1. The van der Waals surface area contributed by atoms with Crippen LogP contribution >= 0.6 is 11.6 Å². The molecule has 0 aliphatic heterocycles. The van der Waals surface area contributed by atoms with E-state index < -0.39 is 0 Å². The van der Waals surface area contributed by atoms with Crippen LogP contribution in [0.1, 0.15) is 5.56 Å². The van der Waals surface area contributed by atoms with E-state index in [4.69, 9.17) is 16.3 Å². The molecule has 0 atom stereocenters. The number of hydrogen-bond acceptors (Lipinski definition) is 4. The van der Waals surface area contributed by atoms with Crippen LogP contribution < -0.4 is 10.1 Å². The van der Waals surface area contributed by atoms with Gasteiger partial charge in [0.05, 0.1) is 12.6 Å². The van der Waals surface area contributed by atoms with Crippen LogP contribution in [0.5, 0.6) is 5.75 Å². The Morgan fingerprint density at radius 3 is 2.68 bits per heavy atom. The zero-order chi connectivity index (χ0) is 15.4. The standard InChI is InChI=1S/C17H16ClN3O/c1-22-14-6-7-15-16(10-14)20-11-21-17(15)19-9-8-12-2-4-13(18)5-3-12/h2-7,10-11H,8-9H2,1H3,(H,19,20,21). The summed E-state index contributed by atoms with van der Waals surface area (Å²) in [5.41, 5.74) is 2.10. The molecule has 0 unspecified atom stereocenters. The lowest BCUT2D eigenvalue weighted by Gasteiger charge is -2.09. The number of halogens is 1. The molecule has 0 saturated heterocycles. The highest BCUT2D eigenvalue weighted by Gasteiger charge is 2.04. The largest absolute Gasteiger partial charge is 0.497 e. The average Bonchev–Trinajstić information content (AvgIpc) is 2.56. The van der Waals surface area contributed by atoms with Gasteiger partial charge in [0, 0.05) is 23.0 Å². The van der Waals surface area contributed by atoms with Gasteiger partial charge in [-0.15, -0.1) is 0 Å². The van der Waals surface area contributed by atoms with Crippen LogP contribution in [-0.2, 0) is 6.42 Å². The van der Waals surface area contributed by atoms with Crippen molar-refractivity contribution in [3.8, 4) is 5.75 Å². The second-order valence-corrected chi connectivity index (χ2v) is 5.35. The van der Waals surface area contributed by atoms with Crippen molar-refractivity contribution >= 4 is 28.3 Å². The number of benzene rings is 2. The minimum atomic E-state index is 0.757. The summed E-state index contributed by atoms with van der Waals surface area (Å²) in [4.78, 5) is 8.60. The topological polar surface area (TPSA) is 47.0 Å². The Bertz CT molecular complexity index is 774. The van der Waals surface area contributed by atoms with E-state index in [9.17, 15) is 0 Å². The Kier molecular flexibility index (Phi) is 4.39. The van der Waals surface area contributed by atoms with Gasteiger partial charge in [-0.3, -0.25) is 0 Å². The second kappa shape index (κ2) is 6.62. The first-order valence-electron chi connectivity index (χ1n) is 7.03. The number of aromatic nitrogens is 2. The maximum atomic E-state index is 5.89. The second-order valence-electron chi connectivity index (χ2n) is 4.91. The molecule has 0 aliphatic carbocycles. The van der Waals surface area contributed by atoms with Crippen molar-refractivity contribution in [3.05, 3.63) is 59.4 Å². The van der Waals surface area contributed by atoms with Gasteiger partial charge >= 0.3 is 0 Å². The third kappa shape index (κ3) is 3.28. The summed E-state index contributed by atoms with van der Waals surface area (Å²) in [6.07, 6.45) is 2.46. The number of anilines is 1. The third-order valence-corrected chi connectivity index (χ3v) is 3.72. The maximum absolute atomic E-state index is 5.89. The Labute approximate surface area is 134 Å². The van der Waals surface area contributed by atoms with Gasteiger partial charge in [0.25, 0.3) is 0 Å². The van der Waals surface area contributed by atoms with E-state index in [0.29, 0.717) is 0 Å². The predicted molar refractivity (Wildman–Crippen MR) is 89.7 cm³/mol. The van der Waals surface area contributed by atoms with Crippen LogP contribution in [-0.4, -0.2) is 23.6 Å². The van der Waals surface area contributed by atoms with E-state index in [2.05, 4.69) is 15.3 Å². The highest BCUT2D eigenvalue weighted by atomic mass is 35.5. The van der Waals surface area contributed by atoms with Crippen molar-refractivity contribution < 1.29 is 4.74 Å². The molecule has 1 aromatic heterocycles. The molecule has 1 heterocycles. The van der Waals surface area contributed by atoms with Crippen LogP contribution in [0.3, 0.4) is 0 Å². The van der Waals surface area contributed by atoms with Gasteiger partial charge in [0.1, 0.15) is 17.9 Å². The number of ether oxygens (including phenoxy) is 1. The molecular weight excluding hydrogens is 298 g/mol. The Morgan fingerprint density at radius 2 is 1.91 bits per heavy atom. The van der Waals surface area contributed by atoms with Gasteiger partial charge in [0.15, 0.2) is 0 Å². The summed E-state index contributed by atoms with van der Waals surface area (Å²) < 4.78 is 5.22. The van der Waals surface area contributed by atoms with E-state index >= 15 is 0 Å². The van der Waals surface area contributed by atoms with Crippen molar-refractivity contribution in [1.29, 1.82) is 0 Å². The quantitative estimate of drug-likeness (QED) is 0.775. The summed E-state index contributed by atoms with van der Waals surface area (Å²) >= 11 is 5.89. The Hall–Kier alpha value is -2.33. The van der Waals surface area contributed by atoms with E-state index in [1.54, 1.807) is 13.4 Å². The number of nitrogens with zero attached hydrogens (tertiary/aromatic N) is 2. The molecule has 2 aromatic carbocycles. The van der Waals surface area contributed by atoms with Gasteiger partial charge < -0.3 is 10.1 Å². The fourth-order valence-electron chi connectivity index (χ4n) is 2.28. The van der Waals surface area contributed by atoms with Crippen LogP contribution in [0, 0.1) is 0 Å². The molecule has 22 heavy (non-hydrogen) atoms. The van der Waals surface area contributed by atoms with Crippen molar-refractivity contribution in [1.82, 2.24) is 9.97 Å². The maximum Gasteiger partial charge on any atom is 0.137 e. The van der Waals surface area contributed by atoms with Gasteiger partial charge in [-0.05, 0) is 36.2 Å². The lowest BCUT2D eigenvalue weighted by atomic mass is 10.1. The number of rotatable bonds is 5. The smallest absolute Gasteiger partial charge is 0.137 e. The summed E-state index contributed by atoms with van der Waals surface area (Å²) in [6.45, 7) is 0.791. The highest BCUT2D eigenvalue weighted by molar-refractivity contribution is 6.30. The number of hydrogen-bond donors (Lipinski definition) is 1. The van der Waals surface area contributed by atoms with Crippen LogP contribution in [0.2, 0.25) is 5.02 Å². The van der Waals surface area contributed by atoms with E-state index in [0.717, 1.165) is 40.5 Å². The van der Waals surface area contributed by atoms with Gasteiger partial charge in [-0.1, -0.05) is 23.7 Å². The zero-order valence-corrected chi connectivity index (χ0v) is 13.0. The number of nitrogens with one attached hydrogen (secondary N) is 1. The van der Waals surface area contributed by atoms with E-state index in [-0.39, 0.29) is 0 Å². The zero-order valence-electron chi connectivity index (χ0n) is 12.2. The van der Waals surface area contributed by atoms with Crippen LogP contribution in [0.25, 0.3) is 10.9 Å². The first-order valence-corrected chi connectivity index (χ1v) is 7.41. The highest BCUT2D eigenvalue weighted by Crippen LogP contribution is 2.23. The lowest BCUT2D eigenvalue weighted by Crippen LogP contribution is -2.07. The van der Waals surface area contributed by atoms with Crippen molar-refractivity contribution in [2.45, 2.75) is 6.42 Å². The first-order chi connectivity index (χ1) is 10.8. The summed E-state index contributed by atoms with van der Waals surface area (Å²) in [7, 11) is 1.65. The average molecular weight is 314 g/mol. The van der Waals surface area contributed by atoms with Gasteiger partial charge in [-0.25, -0.2) is 9.97 Å². The molecule has 112 valence electrons. The molecule has 0 amide bonds. The number of fused-ring (bicyclic) bond motifs is 1. The Morgan fingerprint density at radius 1 is 1.09 bits per heavy atom. The molecule has 0 radical (unpaired) electrons. The van der Waals surface area contributed by atoms with Crippen LogP contribution in [0.4, 0.5) is 5.82 Å². The molecule has 0 aliphatic rings. The minimum Gasteiger partial charge on any atom is -0.497 e. The fourth-order valence-corrected chi connectivity index (χ4v) is 2.41. The first kappa shape index (κ1) is 14.6. The minimum absolute atomic E-state index is 0.757. The molecule has 0 saturated carbocycles. The van der Waals surface area contributed by atoms with E-state index in [1.165, 1.54) is 5.56 Å². The molecule has 0 spiro atoms. The Balaban J connectivity index is 1.72. The lowest BCUT2D eigenvalue weighted by molar-refractivity contribution is 0.415. The molecule has 4 nitrogen and oxygen atoms in total. The molecule has 0 fully saturated rings. The van der Waals surface area contributed by atoms with Gasteiger partial charge in [0.2, 0.25) is 0 Å². The normalized spacial score (nSPS) is 10.6. The van der Waals surface area contributed by atoms with E-state index in [1.807, 2.05) is 42.5 Å². The van der Waals surface area contributed by atoms with Crippen molar-refractivity contribution in [2.24, 2.45) is 0 Å². The monoisotopic (exact) mass is 313 g/mol. The summed E-state index contributed by atoms with van der Waals surface area (Å²) in [5.74, 6) is 1.62. The molecule has 3 rings (SSSR count). The SMILES string of the molecule is COc1ccc2c(NCCc3ccc(Cl)cc3)ncnc2c1. The summed E-state index contributed by atoms with van der Waals surface area (Å²) in [5, 5.41) is 5.11. The molecule has 3 aromatic rings. The molecule has 5 heteroatoms. The fraction of sp³-hybridized carbons (Fsp3) is 0.176. The third-order valence-electron chi connectivity index (χ3n) is 3.46. The van der Waals surface area contributed by atoms with Crippen LogP contribution in [0.15, 0.2) is 48.8 Å². The predicted octanol–water partition coefficient (Wildman–Crippen LogP) is 3.95. The summed E-state index contributed by atoms with van der Waals surface area (Å²) in [6, 6.07) is 13.7. The van der Waals surface area contributed by atoms with Crippen molar-refractivity contribution in [3.63, 3.8) is 0 Å². The van der Waals surface area contributed by atoms with Crippen molar-refractivity contribution in [2.75, 3.05) is 19.0 Å². The molecule has 0 bridgehead atoms. The molecular formula is C17H16ClN3O. The molecule has 1 N–H and O–H groups in total.